The van der Waals surface area contributed by atoms with Crippen LogP contribution in [0.4, 0.5) is 0 Å². The summed E-state index contributed by atoms with van der Waals surface area (Å²) < 4.78 is 0. The van der Waals surface area contributed by atoms with Crippen molar-refractivity contribution in [3.8, 4) is 0 Å². The molecule has 0 aromatic carbocycles. The van der Waals surface area contributed by atoms with Crippen LogP contribution in [0.25, 0.3) is 0 Å². The van der Waals surface area contributed by atoms with Gasteiger partial charge in [0.25, 0.3) is 0 Å². The van der Waals surface area contributed by atoms with E-state index in [9.17, 15) is 14.4 Å². The Morgan fingerprint density at radius 3 is 1.62 bits per heavy atom. The van der Waals surface area contributed by atoms with E-state index in [1.54, 1.807) is 0 Å². The molecule has 0 bridgehead atoms. The second-order valence-electron chi connectivity index (χ2n) is 2.57. The van der Waals surface area contributed by atoms with E-state index in [2.05, 4.69) is 6.58 Å². The van der Waals surface area contributed by atoms with E-state index in [0.29, 0.717) is 0 Å². The first kappa shape index (κ1) is 16.3. The molecule has 0 amide bonds. The average molecular weight is 230 g/mol. The molecule has 0 aromatic rings. The second-order valence-corrected chi connectivity index (χ2v) is 2.57. The molecular weight excluding hydrogens is 216 g/mol. The van der Waals surface area contributed by atoms with Gasteiger partial charge in [-0.1, -0.05) is 18.7 Å². The number of rotatable bonds is 6. The minimum Gasteiger partial charge on any atom is -0.481 e. The van der Waals surface area contributed by atoms with Crippen LogP contribution in [0.5, 0.6) is 0 Å². The molecule has 0 saturated carbocycles. The molecule has 16 heavy (non-hydrogen) atoms. The lowest BCUT2D eigenvalue weighted by Crippen LogP contribution is -1.98. The first-order chi connectivity index (χ1) is 7.40. The predicted molar refractivity (Wildman–Crippen MR) is 56.1 cm³/mol. The Bertz CT molecular complexity index is 265. The van der Waals surface area contributed by atoms with Gasteiger partial charge in [0, 0.05) is 18.9 Å². The molecule has 0 aromatic heterocycles. The van der Waals surface area contributed by atoms with Crippen LogP contribution in [0.15, 0.2) is 24.8 Å². The van der Waals surface area contributed by atoms with Gasteiger partial charge in [0.05, 0.1) is 0 Å². The highest BCUT2D eigenvalue weighted by atomic mass is 16.4. The minimum absolute atomic E-state index is 0.0632. The molecule has 0 aliphatic carbocycles. The Morgan fingerprint density at radius 1 is 1.00 bits per heavy atom. The zero-order valence-electron chi connectivity index (χ0n) is 8.63. The summed E-state index contributed by atoms with van der Waals surface area (Å²) in [6, 6.07) is 0. The molecule has 0 fully saturated rings. The summed E-state index contributed by atoms with van der Waals surface area (Å²) in [6.07, 6.45) is 3.88. The fraction of sp³-hybridized carbons (Fsp3) is 0.300. The van der Waals surface area contributed by atoms with Crippen LogP contribution < -0.4 is 0 Å². The van der Waals surface area contributed by atoms with Crippen LogP contribution in [-0.4, -0.2) is 33.2 Å². The van der Waals surface area contributed by atoms with Crippen molar-refractivity contribution in [2.24, 2.45) is 0 Å². The summed E-state index contributed by atoms with van der Waals surface area (Å²) in [7, 11) is 0. The van der Waals surface area contributed by atoms with Gasteiger partial charge in [-0.3, -0.25) is 9.59 Å². The maximum Gasteiger partial charge on any atom is 0.328 e. The molecule has 6 heteroatoms. The molecule has 0 spiro atoms. The molecule has 0 atom stereocenters. The normalized spacial score (nSPS) is 9.00. The molecule has 3 N–H and O–H groups in total. The highest BCUT2D eigenvalue weighted by Gasteiger charge is 1.99. The molecule has 0 aliphatic rings. The summed E-state index contributed by atoms with van der Waals surface area (Å²) in [6.45, 7) is 3.28. The van der Waals surface area contributed by atoms with E-state index in [1.165, 1.54) is 12.2 Å². The fourth-order valence-electron chi connectivity index (χ4n) is 0.541. The van der Waals surface area contributed by atoms with Crippen LogP contribution >= 0.6 is 0 Å². The van der Waals surface area contributed by atoms with Crippen molar-refractivity contribution < 1.29 is 29.7 Å². The maximum absolute atomic E-state index is 9.79. The summed E-state index contributed by atoms with van der Waals surface area (Å²) in [5, 5.41) is 24.0. The number of carboxylic acid groups (broad SMARTS) is 3. The van der Waals surface area contributed by atoms with Crippen LogP contribution in [0, 0.1) is 0 Å². The third-order valence-corrected chi connectivity index (χ3v) is 1.16. The lowest BCUT2D eigenvalue weighted by molar-refractivity contribution is -0.138. The summed E-state index contributed by atoms with van der Waals surface area (Å²) in [4.78, 5) is 29.2. The minimum atomic E-state index is -0.948. The van der Waals surface area contributed by atoms with Crippen LogP contribution in [-0.2, 0) is 14.4 Å². The maximum atomic E-state index is 9.79. The van der Waals surface area contributed by atoms with E-state index in [-0.39, 0.29) is 19.3 Å². The van der Waals surface area contributed by atoms with Gasteiger partial charge in [-0.2, -0.15) is 0 Å². The number of hydrogen-bond acceptors (Lipinski definition) is 3. The Labute approximate surface area is 92.5 Å². The number of allylic oxidation sites excluding steroid dienone is 2. The van der Waals surface area contributed by atoms with Crippen molar-refractivity contribution in [3.05, 3.63) is 24.8 Å². The smallest absolute Gasteiger partial charge is 0.328 e. The molecule has 90 valence electrons. The van der Waals surface area contributed by atoms with Gasteiger partial charge < -0.3 is 15.3 Å². The number of aliphatic carboxylic acids is 3. The Hall–Kier alpha value is -2.11. The van der Waals surface area contributed by atoms with E-state index >= 15 is 0 Å². The third-order valence-electron chi connectivity index (χ3n) is 1.16. The molecule has 0 rings (SSSR count). The Kier molecular flexibility index (Phi) is 11.2. The van der Waals surface area contributed by atoms with Crippen molar-refractivity contribution in [3.63, 3.8) is 0 Å². The van der Waals surface area contributed by atoms with Crippen molar-refractivity contribution in [1.82, 2.24) is 0 Å². The second kappa shape index (κ2) is 11.0. The molecule has 0 saturated heterocycles. The van der Waals surface area contributed by atoms with Crippen LogP contribution in [0.2, 0.25) is 0 Å². The van der Waals surface area contributed by atoms with Gasteiger partial charge in [0.1, 0.15) is 0 Å². The van der Waals surface area contributed by atoms with Crippen molar-refractivity contribution in [1.29, 1.82) is 0 Å². The van der Waals surface area contributed by atoms with Crippen LogP contribution in [0.3, 0.4) is 0 Å². The lowest BCUT2D eigenvalue weighted by atomic mass is 10.2. The summed E-state index contributed by atoms with van der Waals surface area (Å²) in [5.41, 5.74) is 0. The Balaban J connectivity index is 0. The number of carboxylic acids is 3. The summed E-state index contributed by atoms with van der Waals surface area (Å²) in [5.74, 6) is -2.84. The van der Waals surface area contributed by atoms with E-state index in [1.807, 2.05) is 0 Å². The van der Waals surface area contributed by atoms with Gasteiger partial charge >= 0.3 is 17.9 Å². The van der Waals surface area contributed by atoms with Gasteiger partial charge in [0.2, 0.25) is 0 Å². The average Bonchev–Trinajstić information content (AvgIpc) is 2.14. The lowest BCUT2D eigenvalue weighted by Gasteiger charge is -1.89. The van der Waals surface area contributed by atoms with Gasteiger partial charge in [0.15, 0.2) is 0 Å². The molecule has 0 unspecified atom stereocenters. The first-order valence-corrected chi connectivity index (χ1v) is 4.35. The molecule has 6 nitrogen and oxygen atoms in total. The monoisotopic (exact) mass is 230 g/mol. The van der Waals surface area contributed by atoms with Gasteiger partial charge in [-0.15, -0.1) is 0 Å². The zero-order chi connectivity index (χ0) is 13.0. The van der Waals surface area contributed by atoms with Crippen molar-refractivity contribution >= 4 is 17.9 Å². The van der Waals surface area contributed by atoms with Gasteiger partial charge in [-0.25, -0.2) is 4.79 Å². The molecule has 0 aliphatic heterocycles. The number of hydrogen-bond donors (Lipinski definition) is 3. The van der Waals surface area contributed by atoms with Gasteiger partial charge in [-0.05, 0) is 6.42 Å². The van der Waals surface area contributed by atoms with E-state index in [4.69, 9.17) is 15.3 Å². The summed E-state index contributed by atoms with van der Waals surface area (Å²) >= 11 is 0. The van der Waals surface area contributed by atoms with Crippen molar-refractivity contribution in [2.45, 2.75) is 19.3 Å². The molecule has 0 radical (unpaired) electrons. The SMILES string of the molecule is C=CC=CC(=O)O.O=C(O)CCCC(=O)O. The van der Waals surface area contributed by atoms with Crippen LogP contribution in [0.1, 0.15) is 19.3 Å². The standard InChI is InChI=1S/C5H8O4.C5H6O2/c6-4(7)2-1-3-5(8)9;1-2-3-4-5(6)7/h1-3H2,(H,6,7)(H,8,9);2-4H,1H2,(H,6,7). The predicted octanol–water partition coefficient (Wildman–Crippen LogP) is 1.14. The van der Waals surface area contributed by atoms with E-state index in [0.717, 1.165) is 6.08 Å². The topological polar surface area (TPSA) is 112 Å². The quantitative estimate of drug-likeness (QED) is 0.466. The highest BCUT2D eigenvalue weighted by molar-refractivity contribution is 5.80. The zero-order valence-corrected chi connectivity index (χ0v) is 8.63. The fourth-order valence-corrected chi connectivity index (χ4v) is 0.541. The highest BCUT2D eigenvalue weighted by Crippen LogP contribution is 1.93. The van der Waals surface area contributed by atoms with E-state index < -0.39 is 17.9 Å². The first-order valence-electron chi connectivity index (χ1n) is 4.35. The molecule has 0 heterocycles. The Morgan fingerprint density at radius 2 is 1.44 bits per heavy atom. The third kappa shape index (κ3) is 22.7. The van der Waals surface area contributed by atoms with Crippen molar-refractivity contribution in [2.75, 3.05) is 0 Å². The number of carbonyl (C=O) groups is 3. The molecular formula is C10H14O6. The largest absolute Gasteiger partial charge is 0.481 e.